The summed E-state index contributed by atoms with van der Waals surface area (Å²) in [6.45, 7) is 11.7. The maximum absolute atomic E-state index is 13.3. The fourth-order valence-electron chi connectivity index (χ4n) is 4.72. The number of rotatable bonds is 10. The highest BCUT2D eigenvalue weighted by Gasteiger charge is 2.42. The Balaban J connectivity index is 1.59. The number of nitrogens with one attached hydrogen (secondary N) is 1. The molecule has 2 fully saturated rings. The van der Waals surface area contributed by atoms with Gasteiger partial charge in [0.1, 0.15) is 17.5 Å². The Bertz CT molecular complexity index is 862. The zero-order valence-electron chi connectivity index (χ0n) is 21.2. The zero-order valence-corrected chi connectivity index (χ0v) is 21.2. The van der Waals surface area contributed by atoms with Crippen molar-refractivity contribution in [3.05, 3.63) is 48.3 Å². The molecule has 0 aromatic heterocycles. The van der Waals surface area contributed by atoms with Crippen molar-refractivity contribution in [2.45, 2.75) is 82.6 Å². The molecular weight excluding hydrogens is 449 g/mol. The molecule has 1 saturated carbocycles. The van der Waals surface area contributed by atoms with E-state index in [9.17, 15) is 19.1 Å². The first-order chi connectivity index (χ1) is 16.6. The molecule has 3 rings (SSSR count). The van der Waals surface area contributed by atoms with Crippen LogP contribution in [0.15, 0.2) is 36.9 Å². The molecule has 7 nitrogen and oxygen atoms in total. The number of aliphatic hydroxyl groups excluding tert-OH is 1. The Morgan fingerprint density at radius 1 is 1.29 bits per heavy atom. The van der Waals surface area contributed by atoms with E-state index in [1.54, 1.807) is 25.7 Å². The standard InChI is InChI=1S/C27H40FN3O4/c1-5-14-30(24-18-22(24)19-8-10-20(28)11-9-19)15-6-7-23(29-26(34)35-27(2,3)4)25(33)31-16-12-21(32)13-17-31/h5,8-11,21-24,32H,1,6-7,12-18H2,2-4H3,(H,29,34)/t22-,23-,24-/m0/s1. The van der Waals surface area contributed by atoms with Crippen LogP contribution >= 0.6 is 0 Å². The van der Waals surface area contributed by atoms with Crippen LogP contribution in [-0.4, -0.2) is 76.9 Å². The molecule has 3 atom stereocenters. The van der Waals surface area contributed by atoms with Gasteiger partial charge in [0.2, 0.25) is 5.91 Å². The number of hydrogen-bond donors (Lipinski definition) is 2. The van der Waals surface area contributed by atoms with Gasteiger partial charge in [-0.15, -0.1) is 6.58 Å². The van der Waals surface area contributed by atoms with Gasteiger partial charge in [-0.05, 0) is 77.1 Å². The Kier molecular flexibility index (Phi) is 9.30. The summed E-state index contributed by atoms with van der Waals surface area (Å²) in [5.41, 5.74) is 0.479. The summed E-state index contributed by atoms with van der Waals surface area (Å²) in [7, 11) is 0. The molecule has 0 spiro atoms. The number of hydrogen-bond acceptors (Lipinski definition) is 5. The fraction of sp³-hybridized carbons (Fsp3) is 0.630. The number of carbonyl (C=O) groups excluding carboxylic acids is 2. The van der Waals surface area contributed by atoms with E-state index in [0.717, 1.165) is 25.1 Å². The van der Waals surface area contributed by atoms with E-state index in [-0.39, 0.29) is 17.8 Å². The van der Waals surface area contributed by atoms with Gasteiger partial charge in [-0.2, -0.15) is 0 Å². The molecule has 0 bridgehead atoms. The second kappa shape index (κ2) is 12.0. The molecule has 1 aliphatic carbocycles. The van der Waals surface area contributed by atoms with E-state index in [0.29, 0.717) is 50.7 Å². The van der Waals surface area contributed by atoms with Crippen molar-refractivity contribution < 1.29 is 23.8 Å². The highest BCUT2D eigenvalue weighted by Crippen LogP contribution is 2.44. The van der Waals surface area contributed by atoms with E-state index in [1.165, 1.54) is 12.1 Å². The summed E-state index contributed by atoms with van der Waals surface area (Å²) in [6, 6.07) is 6.37. The Hall–Kier alpha value is -2.45. The molecule has 1 aromatic carbocycles. The van der Waals surface area contributed by atoms with Crippen LogP contribution in [0, 0.1) is 5.82 Å². The van der Waals surface area contributed by atoms with E-state index >= 15 is 0 Å². The van der Waals surface area contributed by atoms with Crippen LogP contribution in [0.25, 0.3) is 0 Å². The van der Waals surface area contributed by atoms with Crippen LogP contribution in [0.5, 0.6) is 0 Å². The molecule has 2 amide bonds. The van der Waals surface area contributed by atoms with E-state index < -0.39 is 17.7 Å². The van der Waals surface area contributed by atoms with Gasteiger partial charge < -0.3 is 20.1 Å². The van der Waals surface area contributed by atoms with Crippen LogP contribution in [0.3, 0.4) is 0 Å². The van der Waals surface area contributed by atoms with Crippen molar-refractivity contribution in [1.29, 1.82) is 0 Å². The monoisotopic (exact) mass is 489 g/mol. The largest absolute Gasteiger partial charge is 0.444 e. The Morgan fingerprint density at radius 3 is 2.54 bits per heavy atom. The maximum atomic E-state index is 13.3. The lowest BCUT2D eigenvalue weighted by Crippen LogP contribution is -2.52. The lowest BCUT2D eigenvalue weighted by Gasteiger charge is -2.33. The number of benzene rings is 1. The number of alkyl carbamates (subject to hydrolysis) is 1. The van der Waals surface area contributed by atoms with Crippen LogP contribution < -0.4 is 5.32 Å². The van der Waals surface area contributed by atoms with Gasteiger partial charge in [0, 0.05) is 31.6 Å². The lowest BCUT2D eigenvalue weighted by atomic mass is 10.0. The lowest BCUT2D eigenvalue weighted by molar-refractivity contribution is -0.135. The van der Waals surface area contributed by atoms with Crippen molar-refractivity contribution in [2.24, 2.45) is 0 Å². The smallest absolute Gasteiger partial charge is 0.408 e. The molecule has 194 valence electrons. The molecule has 35 heavy (non-hydrogen) atoms. The number of ether oxygens (including phenoxy) is 1. The summed E-state index contributed by atoms with van der Waals surface area (Å²) < 4.78 is 18.7. The number of carbonyl (C=O) groups is 2. The number of piperidine rings is 1. The second-order valence-electron chi connectivity index (χ2n) is 10.6. The third kappa shape index (κ3) is 8.32. The third-order valence-corrected chi connectivity index (χ3v) is 6.59. The quantitative estimate of drug-likeness (QED) is 0.488. The van der Waals surface area contributed by atoms with Crippen LogP contribution in [-0.2, 0) is 9.53 Å². The van der Waals surface area contributed by atoms with Gasteiger partial charge in [-0.25, -0.2) is 9.18 Å². The normalized spacial score (nSPS) is 21.5. The SMILES string of the molecule is C=CCN(CCC[C@H](NC(=O)OC(C)(C)C)C(=O)N1CCC(O)CC1)[C@H]1C[C@H]1c1ccc(F)cc1. The predicted octanol–water partition coefficient (Wildman–Crippen LogP) is 3.83. The highest BCUT2D eigenvalue weighted by atomic mass is 19.1. The van der Waals surface area contributed by atoms with Gasteiger partial charge in [0.25, 0.3) is 0 Å². The minimum atomic E-state index is -0.683. The summed E-state index contributed by atoms with van der Waals surface area (Å²) in [4.78, 5) is 29.8. The summed E-state index contributed by atoms with van der Waals surface area (Å²) >= 11 is 0. The van der Waals surface area contributed by atoms with E-state index in [2.05, 4.69) is 16.8 Å². The van der Waals surface area contributed by atoms with Gasteiger partial charge in [0.15, 0.2) is 0 Å². The number of amides is 2. The first kappa shape index (κ1) is 27.1. The average Bonchev–Trinajstić information content (AvgIpc) is 3.58. The van der Waals surface area contributed by atoms with Crippen molar-refractivity contribution in [1.82, 2.24) is 15.1 Å². The minimum Gasteiger partial charge on any atom is -0.444 e. The first-order valence-electron chi connectivity index (χ1n) is 12.6. The average molecular weight is 490 g/mol. The number of halogens is 1. The topological polar surface area (TPSA) is 82.1 Å². The maximum Gasteiger partial charge on any atom is 0.408 e. The van der Waals surface area contributed by atoms with Crippen molar-refractivity contribution in [2.75, 3.05) is 26.2 Å². The van der Waals surface area contributed by atoms with Crippen LogP contribution in [0.2, 0.25) is 0 Å². The van der Waals surface area contributed by atoms with Crippen molar-refractivity contribution in [3.8, 4) is 0 Å². The number of nitrogens with zero attached hydrogens (tertiary/aromatic N) is 2. The highest BCUT2D eigenvalue weighted by molar-refractivity contribution is 5.85. The molecule has 1 aliphatic heterocycles. The summed E-state index contributed by atoms with van der Waals surface area (Å²) in [5, 5.41) is 12.6. The van der Waals surface area contributed by atoms with Gasteiger partial charge in [-0.1, -0.05) is 18.2 Å². The second-order valence-corrected chi connectivity index (χ2v) is 10.6. The fourth-order valence-corrected chi connectivity index (χ4v) is 4.72. The molecular formula is C27H40FN3O4. The third-order valence-electron chi connectivity index (χ3n) is 6.59. The van der Waals surface area contributed by atoms with Crippen LogP contribution in [0.4, 0.5) is 9.18 Å². The molecule has 1 heterocycles. The minimum absolute atomic E-state index is 0.131. The Labute approximate surface area is 208 Å². The van der Waals surface area contributed by atoms with E-state index in [1.807, 2.05) is 18.2 Å². The Morgan fingerprint density at radius 2 is 1.94 bits per heavy atom. The number of aliphatic hydroxyl groups is 1. The zero-order chi connectivity index (χ0) is 25.6. The number of likely N-dealkylation sites (tertiary alicyclic amines) is 1. The van der Waals surface area contributed by atoms with E-state index in [4.69, 9.17) is 4.74 Å². The molecule has 0 radical (unpaired) electrons. The van der Waals surface area contributed by atoms with Crippen molar-refractivity contribution >= 4 is 12.0 Å². The van der Waals surface area contributed by atoms with Gasteiger partial charge in [0.05, 0.1) is 6.10 Å². The van der Waals surface area contributed by atoms with Gasteiger partial charge in [-0.3, -0.25) is 9.69 Å². The van der Waals surface area contributed by atoms with Crippen molar-refractivity contribution in [3.63, 3.8) is 0 Å². The van der Waals surface area contributed by atoms with Gasteiger partial charge >= 0.3 is 6.09 Å². The molecule has 0 unspecified atom stereocenters. The molecule has 1 saturated heterocycles. The van der Waals surface area contributed by atoms with Crippen LogP contribution in [0.1, 0.15) is 64.4 Å². The molecule has 2 aliphatic rings. The predicted molar refractivity (Wildman–Crippen MR) is 134 cm³/mol. The summed E-state index contributed by atoms with van der Waals surface area (Å²) in [5.74, 6) is 0.00611. The first-order valence-corrected chi connectivity index (χ1v) is 12.6. The molecule has 8 heteroatoms. The molecule has 2 N–H and O–H groups in total. The molecule has 1 aromatic rings. The summed E-state index contributed by atoms with van der Waals surface area (Å²) in [6.07, 6.45) is 4.19.